The molecule has 8 nitrogen and oxygen atoms in total. The third-order valence-electron chi connectivity index (χ3n) is 5.55. The Kier molecular flexibility index (Phi) is 6.10. The number of nitrogens with zero attached hydrogens (tertiary/aromatic N) is 4. The average Bonchev–Trinajstić information content (AvgIpc) is 2.66. The maximum Gasteiger partial charge on any atom is 0.317 e. The molecule has 158 valence electrons. The maximum absolute atomic E-state index is 12.8. The number of anilines is 1. The lowest BCUT2D eigenvalue weighted by molar-refractivity contribution is 0.181. The average molecular weight is 401 g/mol. The molecule has 2 aromatic heterocycles. The van der Waals surface area contributed by atoms with Crippen molar-refractivity contribution in [2.75, 3.05) is 18.4 Å². The lowest BCUT2D eigenvalue weighted by Gasteiger charge is -2.33. The van der Waals surface area contributed by atoms with Crippen molar-refractivity contribution >= 4 is 23.0 Å². The van der Waals surface area contributed by atoms with Crippen LogP contribution in [-0.2, 0) is 0 Å². The van der Waals surface area contributed by atoms with E-state index in [1.54, 1.807) is 10.8 Å². The summed E-state index contributed by atoms with van der Waals surface area (Å²) in [6, 6.07) is 0.332. The molecule has 0 unspecified atom stereocenters. The molecule has 0 atom stereocenters. The van der Waals surface area contributed by atoms with E-state index in [-0.39, 0.29) is 29.7 Å². The SMILES string of the molecule is Cc1c(C)c2cnc(NC3CCN(C(=O)NC(C)C)CC3)nc2n(C(C)C)c1=O. The van der Waals surface area contributed by atoms with Crippen LogP contribution in [0.1, 0.15) is 57.7 Å². The minimum absolute atomic E-state index is 0.000812. The number of hydrogen-bond acceptors (Lipinski definition) is 5. The van der Waals surface area contributed by atoms with Crippen LogP contribution in [0.3, 0.4) is 0 Å². The Morgan fingerprint density at radius 3 is 2.38 bits per heavy atom. The van der Waals surface area contributed by atoms with E-state index in [4.69, 9.17) is 4.98 Å². The Morgan fingerprint density at radius 1 is 1.14 bits per heavy atom. The summed E-state index contributed by atoms with van der Waals surface area (Å²) in [6.45, 7) is 13.1. The van der Waals surface area contributed by atoms with Crippen molar-refractivity contribution in [2.45, 2.75) is 72.5 Å². The smallest absolute Gasteiger partial charge is 0.317 e. The Labute approximate surface area is 171 Å². The molecule has 1 saturated heterocycles. The minimum Gasteiger partial charge on any atom is -0.351 e. The molecule has 3 rings (SSSR count). The number of hydrogen-bond donors (Lipinski definition) is 2. The van der Waals surface area contributed by atoms with Crippen LogP contribution in [0, 0.1) is 13.8 Å². The first-order valence-electron chi connectivity index (χ1n) is 10.4. The number of aryl methyl sites for hydroxylation is 1. The Hall–Kier alpha value is -2.64. The quantitative estimate of drug-likeness (QED) is 0.823. The van der Waals surface area contributed by atoms with Crippen LogP contribution in [-0.4, -0.2) is 50.6 Å². The number of pyridine rings is 1. The highest BCUT2D eigenvalue weighted by molar-refractivity contribution is 5.80. The lowest BCUT2D eigenvalue weighted by Crippen LogP contribution is -2.48. The molecular formula is C21H32N6O2. The van der Waals surface area contributed by atoms with E-state index >= 15 is 0 Å². The maximum atomic E-state index is 12.8. The van der Waals surface area contributed by atoms with Gasteiger partial charge in [-0.2, -0.15) is 4.98 Å². The van der Waals surface area contributed by atoms with Crippen LogP contribution < -0.4 is 16.2 Å². The second-order valence-electron chi connectivity index (χ2n) is 8.46. The van der Waals surface area contributed by atoms with E-state index in [2.05, 4.69) is 15.6 Å². The molecule has 0 radical (unpaired) electrons. The van der Waals surface area contributed by atoms with Gasteiger partial charge in [0.1, 0.15) is 5.65 Å². The molecule has 1 aliphatic heterocycles. The zero-order chi connectivity index (χ0) is 21.3. The standard InChI is InChI=1S/C21H32N6O2/c1-12(2)23-21(29)26-9-7-16(8-10-26)24-20-22-11-17-14(5)15(6)19(28)27(13(3)4)18(17)25-20/h11-13,16H,7-10H2,1-6H3,(H,23,29)(H,22,24,25). The minimum atomic E-state index is -0.00722. The highest BCUT2D eigenvalue weighted by Gasteiger charge is 2.24. The van der Waals surface area contributed by atoms with Crippen molar-refractivity contribution < 1.29 is 4.79 Å². The molecule has 0 spiro atoms. The Morgan fingerprint density at radius 2 is 1.79 bits per heavy atom. The number of carbonyl (C=O) groups is 1. The monoisotopic (exact) mass is 400 g/mol. The molecule has 3 heterocycles. The molecule has 0 bridgehead atoms. The molecule has 1 fully saturated rings. The van der Waals surface area contributed by atoms with E-state index in [1.807, 2.05) is 46.4 Å². The van der Waals surface area contributed by atoms with Gasteiger partial charge in [-0.1, -0.05) is 0 Å². The van der Waals surface area contributed by atoms with Gasteiger partial charge in [-0.15, -0.1) is 0 Å². The van der Waals surface area contributed by atoms with Gasteiger partial charge in [-0.05, 0) is 59.9 Å². The van der Waals surface area contributed by atoms with Crippen molar-refractivity contribution in [1.82, 2.24) is 24.8 Å². The van der Waals surface area contributed by atoms with Crippen molar-refractivity contribution in [3.05, 3.63) is 27.7 Å². The summed E-state index contributed by atoms with van der Waals surface area (Å²) >= 11 is 0. The van der Waals surface area contributed by atoms with Crippen LogP contribution in [0.15, 0.2) is 11.0 Å². The van der Waals surface area contributed by atoms with Gasteiger partial charge in [0.25, 0.3) is 5.56 Å². The molecule has 29 heavy (non-hydrogen) atoms. The summed E-state index contributed by atoms with van der Waals surface area (Å²) in [4.78, 5) is 36.0. The fourth-order valence-corrected chi connectivity index (χ4v) is 3.76. The fourth-order valence-electron chi connectivity index (χ4n) is 3.76. The largest absolute Gasteiger partial charge is 0.351 e. The number of fused-ring (bicyclic) bond motifs is 1. The summed E-state index contributed by atoms with van der Waals surface area (Å²) < 4.78 is 1.74. The van der Waals surface area contributed by atoms with Gasteiger partial charge in [-0.25, -0.2) is 9.78 Å². The van der Waals surface area contributed by atoms with Crippen molar-refractivity contribution in [1.29, 1.82) is 0 Å². The van der Waals surface area contributed by atoms with Crippen LogP contribution in [0.5, 0.6) is 0 Å². The van der Waals surface area contributed by atoms with E-state index in [0.717, 1.165) is 29.4 Å². The van der Waals surface area contributed by atoms with Crippen molar-refractivity contribution in [3.8, 4) is 0 Å². The first-order chi connectivity index (χ1) is 13.7. The number of piperidine rings is 1. The molecule has 0 aliphatic carbocycles. The van der Waals surface area contributed by atoms with E-state index in [1.165, 1.54) is 0 Å². The summed E-state index contributed by atoms with van der Waals surface area (Å²) in [5.41, 5.74) is 2.33. The number of aromatic nitrogens is 3. The molecule has 0 aromatic carbocycles. The summed E-state index contributed by atoms with van der Waals surface area (Å²) in [5.74, 6) is 0.527. The highest BCUT2D eigenvalue weighted by Crippen LogP contribution is 2.22. The van der Waals surface area contributed by atoms with Crippen LogP contribution in [0.25, 0.3) is 11.0 Å². The van der Waals surface area contributed by atoms with Crippen LogP contribution in [0.4, 0.5) is 10.7 Å². The van der Waals surface area contributed by atoms with Gasteiger partial charge in [0.15, 0.2) is 0 Å². The van der Waals surface area contributed by atoms with E-state index in [0.29, 0.717) is 24.7 Å². The molecule has 0 saturated carbocycles. The van der Waals surface area contributed by atoms with Gasteiger partial charge in [0.05, 0.1) is 0 Å². The molecule has 2 N–H and O–H groups in total. The third-order valence-corrected chi connectivity index (χ3v) is 5.55. The fraction of sp³-hybridized carbons (Fsp3) is 0.619. The topological polar surface area (TPSA) is 92.2 Å². The molecule has 8 heteroatoms. The first kappa shape index (κ1) is 21.1. The van der Waals surface area contributed by atoms with Gasteiger partial charge in [-0.3, -0.25) is 9.36 Å². The number of likely N-dealkylation sites (tertiary alicyclic amines) is 1. The van der Waals surface area contributed by atoms with Crippen molar-refractivity contribution in [2.24, 2.45) is 0 Å². The first-order valence-corrected chi connectivity index (χ1v) is 10.4. The second kappa shape index (κ2) is 8.39. The number of amides is 2. The zero-order valence-corrected chi connectivity index (χ0v) is 18.2. The number of rotatable bonds is 4. The second-order valence-corrected chi connectivity index (χ2v) is 8.46. The Balaban J connectivity index is 1.78. The van der Waals surface area contributed by atoms with Gasteiger partial charge < -0.3 is 15.5 Å². The predicted octanol–water partition coefficient (Wildman–Crippen LogP) is 2.98. The zero-order valence-electron chi connectivity index (χ0n) is 18.2. The van der Waals surface area contributed by atoms with Gasteiger partial charge in [0.2, 0.25) is 5.95 Å². The third kappa shape index (κ3) is 4.36. The number of carbonyl (C=O) groups excluding carboxylic acids is 1. The molecule has 2 aromatic rings. The summed E-state index contributed by atoms with van der Waals surface area (Å²) in [6.07, 6.45) is 3.46. The van der Waals surface area contributed by atoms with Gasteiger partial charge in [0, 0.05) is 48.4 Å². The van der Waals surface area contributed by atoms with Crippen molar-refractivity contribution in [3.63, 3.8) is 0 Å². The summed E-state index contributed by atoms with van der Waals surface area (Å²) in [5, 5.41) is 7.24. The van der Waals surface area contributed by atoms with E-state index in [9.17, 15) is 9.59 Å². The molecule has 2 amide bonds. The van der Waals surface area contributed by atoms with Gasteiger partial charge >= 0.3 is 6.03 Å². The molecule has 1 aliphatic rings. The van der Waals surface area contributed by atoms with Crippen LogP contribution >= 0.6 is 0 Å². The lowest BCUT2D eigenvalue weighted by atomic mass is 10.1. The number of nitrogens with one attached hydrogen (secondary N) is 2. The van der Waals surface area contributed by atoms with Crippen LogP contribution in [0.2, 0.25) is 0 Å². The molecular weight excluding hydrogens is 368 g/mol. The normalized spacial score (nSPS) is 15.4. The highest BCUT2D eigenvalue weighted by atomic mass is 16.2. The summed E-state index contributed by atoms with van der Waals surface area (Å²) in [7, 11) is 0. The van der Waals surface area contributed by atoms with E-state index < -0.39 is 0 Å². The Bertz CT molecular complexity index is 958. The predicted molar refractivity (Wildman–Crippen MR) is 116 cm³/mol. The number of urea groups is 1.